The summed E-state index contributed by atoms with van der Waals surface area (Å²) in [6.07, 6.45) is 13.8. The molecule has 0 radical (unpaired) electrons. The van der Waals surface area contributed by atoms with Crippen molar-refractivity contribution in [1.82, 2.24) is 0 Å². The number of fused-ring (bicyclic) bond motifs is 1. The van der Waals surface area contributed by atoms with Gasteiger partial charge in [-0.2, -0.15) is 0 Å². The first kappa shape index (κ1) is 33.2. The van der Waals surface area contributed by atoms with Crippen molar-refractivity contribution in [2.75, 3.05) is 4.90 Å². The smallest absolute Gasteiger partial charge is 0.0540 e. The van der Waals surface area contributed by atoms with E-state index >= 15 is 0 Å². The van der Waals surface area contributed by atoms with E-state index in [-0.39, 0.29) is 11.3 Å². The molecule has 0 fully saturated rings. The van der Waals surface area contributed by atoms with Crippen LogP contribution in [0.2, 0.25) is 0 Å². The van der Waals surface area contributed by atoms with Crippen LogP contribution in [0, 0.1) is 5.41 Å². The third kappa shape index (κ3) is 5.94. The Bertz CT molecular complexity index is 2540. The number of anilines is 3. The van der Waals surface area contributed by atoms with E-state index in [2.05, 4.69) is 236 Å². The molecule has 1 nitrogen and oxygen atoms in total. The third-order valence-corrected chi connectivity index (χ3v) is 11.2. The topological polar surface area (TPSA) is 3.24 Å². The van der Waals surface area contributed by atoms with Gasteiger partial charge in [-0.3, -0.25) is 0 Å². The summed E-state index contributed by atoms with van der Waals surface area (Å²) in [5.74, 6) is 0.0637. The SMILES string of the molecule is CC12C(=CC=CC1c1ccccc1N(c1ccccc1-c1ccccc1)c1ccccc1-c1ccc(-c3ccccc3)cc1)C=CC=C2c1ccccc1. The summed E-state index contributed by atoms with van der Waals surface area (Å²) in [6, 6.07) is 68.0. The van der Waals surface area contributed by atoms with E-state index < -0.39 is 0 Å². The molecule has 2 aliphatic rings. The first-order valence-electron chi connectivity index (χ1n) is 18.8. The zero-order valence-electron chi connectivity index (χ0n) is 30.4. The van der Waals surface area contributed by atoms with Crippen molar-refractivity contribution in [2.45, 2.75) is 12.8 Å². The van der Waals surface area contributed by atoms with Gasteiger partial charge in [0.05, 0.1) is 17.1 Å². The molecule has 2 atom stereocenters. The molecular formula is C53H41N. The van der Waals surface area contributed by atoms with Crippen molar-refractivity contribution in [1.29, 1.82) is 0 Å². The molecule has 0 aromatic heterocycles. The van der Waals surface area contributed by atoms with Crippen molar-refractivity contribution in [2.24, 2.45) is 5.41 Å². The minimum atomic E-state index is -0.293. The fraction of sp³-hybridized carbons (Fsp3) is 0.0566. The molecule has 0 spiro atoms. The fourth-order valence-corrected chi connectivity index (χ4v) is 8.48. The van der Waals surface area contributed by atoms with Crippen LogP contribution in [0.25, 0.3) is 39.0 Å². The maximum atomic E-state index is 2.51. The Morgan fingerprint density at radius 3 is 1.50 bits per heavy atom. The molecule has 54 heavy (non-hydrogen) atoms. The Kier molecular flexibility index (Phi) is 8.83. The quantitative estimate of drug-likeness (QED) is 0.153. The molecule has 9 rings (SSSR count). The molecule has 7 aromatic carbocycles. The Morgan fingerprint density at radius 2 is 0.870 bits per heavy atom. The lowest BCUT2D eigenvalue weighted by molar-refractivity contribution is 0.478. The second-order valence-corrected chi connectivity index (χ2v) is 14.2. The van der Waals surface area contributed by atoms with Gasteiger partial charge in [0.2, 0.25) is 0 Å². The van der Waals surface area contributed by atoms with E-state index in [1.165, 1.54) is 55.7 Å². The highest BCUT2D eigenvalue weighted by Crippen LogP contribution is 2.58. The first-order chi connectivity index (χ1) is 26.7. The molecule has 2 unspecified atom stereocenters. The lowest BCUT2D eigenvalue weighted by Crippen LogP contribution is -2.32. The Morgan fingerprint density at radius 1 is 0.407 bits per heavy atom. The monoisotopic (exact) mass is 691 g/mol. The van der Waals surface area contributed by atoms with Crippen LogP contribution in [0.1, 0.15) is 24.0 Å². The van der Waals surface area contributed by atoms with E-state index in [1.807, 2.05) is 0 Å². The van der Waals surface area contributed by atoms with E-state index in [1.54, 1.807) is 0 Å². The summed E-state index contributed by atoms with van der Waals surface area (Å²) >= 11 is 0. The number of benzene rings is 7. The van der Waals surface area contributed by atoms with Gasteiger partial charge in [-0.1, -0.05) is 213 Å². The molecule has 7 aromatic rings. The summed E-state index contributed by atoms with van der Waals surface area (Å²) in [6.45, 7) is 2.43. The highest BCUT2D eigenvalue weighted by molar-refractivity contribution is 5.95. The van der Waals surface area contributed by atoms with Crippen LogP contribution in [0.5, 0.6) is 0 Å². The molecule has 0 saturated carbocycles. The molecule has 0 amide bonds. The summed E-state index contributed by atoms with van der Waals surface area (Å²) in [5, 5.41) is 0. The summed E-state index contributed by atoms with van der Waals surface area (Å²) in [5.41, 5.74) is 15.4. The summed E-state index contributed by atoms with van der Waals surface area (Å²) in [7, 11) is 0. The van der Waals surface area contributed by atoms with Crippen molar-refractivity contribution < 1.29 is 0 Å². The van der Waals surface area contributed by atoms with E-state index in [0.29, 0.717) is 0 Å². The third-order valence-electron chi connectivity index (χ3n) is 11.2. The molecule has 2 aliphatic carbocycles. The van der Waals surface area contributed by atoms with Crippen LogP contribution < -0.4 is 4.90 Å². The number of rotatable bonds is 8. The van der Waals surface area contributed by atoms with Crippen LogP contribution >= 0.6 is 0 Å². The van der Waals surface area contributed by atoms with Crippen LogP contribution in [0.4, 0.5) is 17.1 Å². The Hall–Kier alpha value is -6.70. The normalized spacial score (nSPS) is 17.3. The van der Waals surface area contributed by atoms with E-state index in [9.17, 15) is 0 Å². The van der Waals surface area contributed by atoms with Gasteiger partial charge in [0.25, 0.3) is 0 Å². The van der Waals surface area contributed by atoms with Crippen molar-refractivity contribution in [3.05, 3.63) is 241 Å². The predicted octanol–water partition coefficient (Wildman–Crippen LogP) is 14.4. The van der Waals surface area contributed by atoms with Crippen LogP contribution in [-0.4, -0.2) is 0 Å². The summed E-state index contributed by atoms with van der Waals surface area (Å²) < 4.78 is 0. The Balaban J connectivity index is 1.26. The maximum Gasteiger partial charge on any atom is 0.0540 e. The number of allylic oxidation sites excluding steroid dienone is 8. The standard InChI is InChI=1S/C53H41N/c1-53-44(25-17-30-48(53)43-23-9-4-10-24-43)26-18-31-49(53)47-29-13-16-34-52(47)54(50-32-14-11-27-45(50)41-21-7-3-8-22-41)51-33-15-12-28-46(51)42-37-35-40(36-38-42)39-19-5-2-6-20-39/h2-38,49H,1H3. The number of hydrogen-bond donors (Lipinski definition) is 0. The molecular weight excluding hydrogens is 651 g/mol. The molecule has 258 valence electrons. The largest absolute Gasteiger partial charge is 0.309 e. The number of nitrogens with zero attached hydrogens (tertiary/aromatic N) is 1. The molecule has 0 saturated heterocycles. The highest BCUT2D eigenvalue weighted by atomic mass is 15.2. The van der Waals surface area contributed by atoms with Gasteiger partial charge in [-0.15, -0.1) is 0 Å². The second kappa shape index (κ2) is 14.4. The fourth-order valence-electron chi connectivity index (χ4n) is 8.48. The Labute approximate surface area is 319 Å². The lowest BCUT2D eigenvalue weighted by Gasteiger charge is -2.45. The van der Waals surface area contributed by atoms with Gasteiger partial charge in [0.1, 0.15) is 0 Å². The lowest BCUT2D eigenvalue weighted by atomic mass is 9.59. The van der Waals surface area contributed by atoms with Gasteiger partial charge in [0, 0.05) is 22.5 Å². The van der Waals surface area contributed by atoms with Gasteiger partial charge in [-0.25, -0.2) is 0 Å². The molecule has 0 heterocycles. The minimum Gasteiger partial charge on any atom is -0.309 e. The van der Waals surface area contributed by atoms with Crippen molar-refractivity contribution in [3.8, 4) is 33.4 Å². The van der Waals surface area contributed by atoms with Gasteiger partial charge in [-0.05, 0) is 62.7 Å². The van der Waals surface area contributed by atoms with Crippen LogP contribution in [0.3, 0.4) is 0 Å². The summed E-state index contributed by atoms with van der Waals surface area (Å²) in [4.78, 5) is 2.51. The molecule has 1 heteroatoms. The average molecular weight is 692 g/mol. The highest BCUT2D eigenvalue weighted by Gasteiger charge is 2.43. The van der Waals surface area contributed by atoms with Crippen LogP contribution in [-0.2, 0) is 0 Å². The predicted molar refractivity (Wildman–Crippen MR) is 229 cm³/mol. The molecule has 0 N–H and O–H groups in total. The maximum absolute atomic E-state index is 2.51. The van der Waals surface area contributed by atoms with Crippen molar-refractivity contribution in [3.63, 3.8) is 0 Å². The zero-order chi connectivity index (χ0) is 36.3. The van der Waals surface area contributed by atoms with E-state index in [4.69, 9.17) is 0 Å². The minimum absolute atomic E-state index is 0.0637. The van der Waals surface area contributed by atoms with Crippen LogP contribution in [0.15, 0.2) is 230 Å². The number of hydrogen-bond acceptors (Lipinski definition) is 1. The number of para-hydroxylation sites is 3. The first-order valence-corrected chi connectivity index (χ1v) is 18.8. The van der Waals surface area contributed by atoms with Gasteiger partial charge >= 0.3 is 0 Å². The van der Waals surface area contributed by atoms with Crippen molar-refractivity contribution >= 4 is 22.6 Å². The van der Waals surface area contributed by atoms with E-state index in [0.717, 1.165) is 17.1 Å². The molecule has 0 aliphatic heterocycles. The second-order valence-electron chi connectivity index (χ2n) is 14.2. The zero-order valence-corrected chi connectivity index (χ0v) is 30.4. The average Bonchev–Trinajstić information content (AvgIpc) is 3.25. The van der Waals surface area contributed by atoms with Gasteiger partial charge < -0.3 is 4.90 Å². The molecule has 0 bridgehead atoms. The van der Waals surface area contributed by atoms with Gasteiger partial charge in [0.15, 0.2) is 0 Å².